The Hall–Kier alpha value is -0.0600. The summed E-state index contributed by atoms with van der Waals surface area (Å²) in [5.74, 6) is 0.915. The van der Waals surface area contributed by atoms with Gasteiger partial charge in [0.25, 0.3) is 0 Å². The number of aliphatic hydroxyl groups excluding tert-OH is 1. The summed E-state index contributed by atoms with van der Waals surface area (Å²) in [6.45, 7) is 4.39. The number of hydrogen-bond donors (Lipinski definition) is 1. The van der Waals surface area contributed by atoms with Crippen molar-refractivity contribution in [2.75, 3.05) is 6.61 Å². The van der Waals surface area contributed by atoms with E-state index in [1.807, 2.05) is 6.92 Å². The van der Waals surface area contributed by atoms with Crippen molar-refractivity contribution in [1.82, 2.24) is 4.98 Å². The molecular weight excluding hydrogens is 202 g/mol. The summed E-state index contributed by atoms with van der Waals surface area (Å²) < 4.78 is 0. The van der Waals surface area contributed by atoms with Crippen molar-refractivity contribution in [1.29, 1.82) is 0 Å². The van der Waals surface area contributed by atoms with Gasteiger partial charge in [-0.25, -0.2) is 4.98 Å². The summed E-state index contributed by atoms with van der Waals surface area (Å²) >= 11 is 3.47. The van der Waals surface area contributed by atoms with Gasteiger partial charge in [-0.1, -0.05) is 13.8 Å². The molecule has 0 amide bonds. The Balaban J connectivity index is 2.36. The molecule has 74 valence electrons. The minimum atomic E-state index is 0.245. The Labute approximate surface area is 87.4 Å². The minimum absolute atomic E-state index is 0.245. The number of nitrogens with zero attached hydrogens (tertiary/aromatic N) is 1. The molecule has 0 radical (unpaired) electrons. The number of aliphatic hydroxyl groups is 1. The molecule has 0 aliphatic heterocycles. The first-order valence-corrected chi connectivity index (χ1v) is 6.34. The number of hydrogen-bond acceptors (Lipinski definition) is 4. The first-order chi connectivity index (χ1) is 6.26. The lowest BCUT2D eigenvalue weighted by Gasteiger charge is -2.04. The molecule has 2 nitrogen and oxygen atoms in total. The van der Waals surface area contributed by atoms with Gasteiger partial charge in [0.1, 0.15) is 0 Å². The largest absolute Gasteiger partial charge is 0.395 e. The summed E-state index contributed by atoms with van der Waals surface area (Å²) in [4.78, 5) is 4.45. The molecule has 13 heavy (non-hydrogen) atoms. The van der Waals surface area contributed by atoms with E-state index in [1.165, 1.54) is 5.01 Å². The molecule has 0 aromatic carbocycles. The molecule has 0 spiro atoms. The van der Waals surface area contributed by atoms with Crippen LogP contribution in [0.3, 0.4) is 0 Å². The molecule has 1 unspecified atom stereocenters. The van der Waals surface area contributed by atoms with E-state index in [0.29, 0.717) is 5.25 Å². The fraction of sp³-hybridized carbons (Fsp3) is 0.667. The summed E-state index contributed by atoms with van der Waals surface area (Å²) in [6, 6.07) is 0. The molecule has 0 saturated heterocycles. The maximum Gasteiger partial charge on any atom is 0.0925 e. The highest BCUT2D eigenvalue weighted by Crippen LogP contribution is 2.19. The maximum absolute atomic E-state index is 8.83. The van der Waals surface area contributed by atoms with Gasteiger partial charge in [-0.3, -0.25) is 0 Å². The van der Waals surface area contributed by atoms with E-state index >= 15 is 0 Å². The fourth-order valence-corrected chi connectivity index (χ4v) is 2.42. The molecule has 1 aromatic heterocycles. The van der Waals surface area contributed by atoms with Gasteiger partial charge in [0.15, 0.2) is 0 Å². The molecule has 1 N–H and O–H groups in total. The van der Waals surface area contributed by atoms with Crippen molar-refractivity contribution < 1.29 is 5.11 Å². The number of thioether (sulfide) groups is 1. The van der Waals surface area contributed by atoms with Gasteiger partial charge in [-0.15, -0.1) is 11.3 Å². The monoisotopic (exact) mass is 217 g/mol. The molecule has 1 atom stereocenters. The van der Waals surface area contributed by atoms with Crippen LogP contribution < -0.4 is 0 Å². The number of thiazole rings is 1. The Morgan fingerprint density at radius 1 is 1.69 bits per heavy atom. The second-order valence-corrected chi connectivity index (χ2v) is 5.26. The van der Waals surface area contributed by atoms with E-state index < -0.39 is 0 Å². The third kappa shape index (κ3) is 3.67. The van der Waals surface area contributed by atoms with Crippen LogP contribution in [0.2, 0.25) is 0 Å². The average molecular weight is 217 g/mol. The van der Waals surface area contributed by atoms with Crippen molar-refractivity contribution in [2.45, 2.75) is 31.3 Å². The Morgan fingerprint density at radius 2 is 2.46 bits per heavy atom. The topological polar surface area (TPSA) is 33.1 Å². The maximum atomic E-state index is 8.83. The van der Waals surface area contributed by atoms with Gasteiger partial charge in [-0.2, -0.15) is 11.8 Å². The summed E-state index contributed by atoms with van der Waals surface area (Å²) in [5.41, 5.74) is 1.15. The number of aryl methyl sites for hydroxylation is 1. The van der Waals surface area contributed by atoms with Crippen molar-refractivity contribution in [3.63, 3.8) is 0 Å². The van der Waals surface area contributed by atoms with Crippen LogP contribution in [-0.4, -0.2) is 21.9 Å². The second kappa shape index (κ2) is 5.62. The Morgan fingerprint density at radius 3 is 3.00 bits per heavy atom. The third-order valence-electron chi connectivity index (χ3n) is 1.67. The van der Waals surface area contributed by atoms with E-state index in [9.17, 15) is 0 Å². The first kappa shape index (κ1) is 11.0. The van der Waals surface area contributed by atoms with Crippen LogP contribution in [0.15, 0.2) is 5.38 Å². The lowest BCUT2D eigenvalue weighted by atomic mass is 10.5. The highest BCUT2D eigenvalue weighted by molar-refractivity contribution is 7.99. The van der Waals surface area contributed by atoms with Crippen molar-refractivity contribution >= 4 is 23.1 Å². The molecule has 4 heteroatoms. The third-order valence-corrected chi connectivity index (χ3v) is 3.90. The zero-order chi connectivity index (χ0) is 9.68. The van der Waals surface area contributed by atoms with Gasteiger partial charge in [0, 0.05) is 16.4 Å². The molecule has 1 rings (SSSR count). The van der Waals surface area contributed by atoms with Crippen LogP contribution in [0, 0.1) is 0 Å². The van der Waals surface area contributed by atoms with Crippen LogP contribution in [0.25, 0.3) is 0 Å². The molecule has 0 bridgehead atoms. The smallest absolute Gasteiger partial charge is 0.0925 e. The van der Waals surface area contributed by atoms with Crippen LogP contribution >= 0.6 is 23.1 Å². The zero-order valence-corrected chi connectivity index (χ0v) is 9.62. The Kier molecular flexibility index (Phi) is 4.77. The van der Waals surface area contributed by atoms with Crippen LogP contribution in [-0.2, 0) is 12.2 Å². The summed E-state index contributed by atoms with van der Waals surface area (Å²) in [6.07, 6.45) is 1.02. The van der Waals surface area contributed by atoms with Crippen molar-refractivity contribution in [3.8, 4) is 0 Å². The number of aromatic nitrogens is 1. The molecule has 0 fully saturated rings. The molecule has 0 aliphatic rings. The molecule has 0 saturated carbocycles. The predicted molar refractivity (Wildman–Crippen MR) is 59.3 cm³/mol. The van der Waals surface area contributed by atoms with Crippen LogP contribution in [0.1, 0.15) is 24.5 Å². The minimum Gasteiger partial charge on any atom is -0.395 e. The van der Waals surface area contributed by atoms with Gasteiger partial charge < -0.3 is 5.11 Å². The second-order valence-electron chi connectivity index (χ2n) is 2.89. The predicted octanol–water partition coefficient (Wildman–Crippen LogP) is 2.32. The molecular formula is C9H15NOS2. The lowest BCUT2D eigenvalue weighted by Crippen LogP contribution is -2.02. The normalized spacial score (nSPS) is 13.2. The summed E-state index contributed by atoms with van der Waals surface area (Å²) in [5, 5.41) is 12.4. The number of rotatable bonds is 5. The highest BCUT2D eigenvalue weighted by Gasteiger charge is 2.04. The SMILES string of the molecule is CCc1nc(CSC(C)CO)cs1. The first-order valence-electron chi connectivity index (χ1n) is 4.42. The quantitative estimate of drug-likeness (QED) is 0.821. The van der Waals surface area contributed by atoms with E-state index in [1.54, 1.807) is 23.1 Å². The van der Waals surface area contributed by atoms with Crippen LogP contribution in [0.5, 0.6) is 0 Å². The zero-order valence-electron chi connectivity index (χ0n) is 7.99. The van der Waals surface area contributed by atoms with Crippen molar-refractivity contribution in [2.24, 2.45) is 0 Å². The van der Waals surface area contributed by atoms with Crippen LogP contribution in [0.4, 0.5) is 0 Å². The lowest BCUT2D eigenvalue weighted by molar-refractivity contribution is 0.300. The fourth-order valence-electron chi connectivity index (χ4n) is 0.858. The van der Waals surface area contributed by atoms with Gasteiger partial charge >= 0.3 is 0 Å². The van der Waals surface area contributed by atoms with Gasteiger partial charge in [0.2, 0.25) is 0 Å². The van der Waals surface area contributed by atoms with E-state index in [-0.39, 0.29) is 6.61 Å². The van der Waals surface area contributed by atoms with Gasteiger partial charge in [-0.05, 0) is 6.42 Å². The van der Waals surface area contributed by atoms with Gasteiger partial charge in [0.05, 0.1) is 17.3 Å². The van der Waals surface area contributed by atoms with E-state index in [2.05, 4.69) is 17.3 Å². The van der Waals surface area contributed by atoms with E-state index in [0.717, 1.165) is 17.9 Å². The van der Waals surface area contributed by atoms with E-state index in [4.69, 9.17) is 5.11 Å². The standard InChI is InChI=1S/C9H15NOS2/c1-3-9-10-8(6-13-9)5-12-7(2)4-11/h6-7,11H,3-5H2,1-2H3. The highest BCUT2D eigenvalue weighted by atomic mass is 32.2. The average Bonchev–Trinajstić information content (AvgIpc) is 2.61. The summed E-state index contributed by atoms with van der Waals surface area (Å²) in [7, 11) is 0. The molecule has 1 heterocycles. The Bertz CT molecular complexity index is 250. The molecule has 0 aliphatic carbocycles. The van der Waals surface area contributed by atoms with Crippen molar-refractivity contribution in [3.05, 3.63) is 16.1 Å². The molecule has 1 aromatic rings.